The number of hydrogen-bond acceptors (Lipinski definition) is 2. The highest BCUT2D eigenvalue weighted by atomic mass is 16.1. The van der Waals surface area contributed by atoms with Crippen LogP contribution in [0.4, 0.5) is 0 Å². The van der Waals surface area contributed by atoms with E-state index < -0.39 is 0 Å². The van der Waals surface area contributed by atoms with Crippen LogP contribution < -0.4 is 5.32 Å². The Morgan fingerprint density at radius 2 is 1.96 bits per heavy atom. The molecule has 0 bridgehead atoms. The van der Waals surface area contributed by atoms with E-state index in [0.29, 0.717) is 12.5 Å². The first kappa shape index (κ1) is 15.6. The molecule has 1 aliphatic heterocycles. The number of nitrogens with one attached hydrogen (secondary N) is 2. The van der Waals surface area contributed by atoms with Gasteiger partial charge in [0.2, 0.25) is 0 Å². The smallest absolute Gasteiger partial charge is 0.253 e. The normalized spacial score (nSPS) is 13.6. The molecule has 0 fully saturated rings. The standard InChI is InChI=1S/C21H21N3O/c1-13(2)14-4-3-5-15(10-14)18-7-6-16(12-23-18)20-11-17-19(24-20)8-9-22-21(17)25/h3-7,10-13,24H,8-9H2,1-2H3,(H,22,25). The van der Waals surface area contributed by atoms with Crippen molar-refractivity contribution in [1.82, 2.24) is 15.3 Å². The predicted octanol–water partition coefficient (Wildman–Crippen LogP) is 4.15. The van der Waals surface area contributed by atoms with Gasteiger partial charge in [0.05, 0.1) is 11.3 Å². The van der Waals surface area contributed by atoms with Crippen LogP contribution >= 0.6 is 0 Å². The Labute approximate surface area is 147 Å². The van der Waals surface area contributed by atoms with E-state index in [0.717, 1.165) is 40.2 Å². The van der Waals surface area contributed by atoms with Crippen LogP contribution in [0.1, 0.15) is 41.4 Å². The molecule has 4 rings (SSSR count). The summed E-state index contributed by atoms with van der Waals surface area (Å²) in [7, 11) is 0. The molecule has 0 saturated heterocycles. The van der Waals surface area contributed by atoms with Gasteiger partial charge in [0.1, 0.15) is 0 Å². The Kier molecular flexibility index (Phi) is 3.88. The summed E-state index contributed by atoms with van der Waals surface area (Å²) in [5.41, 5.74) is 7.08. The molecule has 126 valence electrons. The molecule has 1 aliphatic rings. The molecule has 0 saturated carbocycles. The molecule has 0 radical (unpaired) electrons. The molecular formula is C21H21N3O. The third-order valence-corrected chi connectivity index (χ3v) is 4.73. The zero-order valence-corrected chi connectivity index (χ0v) is 14.5. The minimum absolute atomic E-state index is 0.00108. The monoisotopic (exact) mass is 331 g/mol. The van der Waals surface area contributed by atoms with Gasteiger partial charge in [-0.3, -0.25) is 9.78 Å². The molecule has 4 nitrogen and oxygen atoms in total. The van der Waals surface area contributed by atoms with E-state index in [1.165, 1.54) is 5.56 Å². The largest absolute Gasteiger partial charge is 0.358 e. The summed E-state index contributed by atoms with van der Waals surface area (Å²) < 4.78 is 0. The highest BCUT2D eigenvalue weighted by Gasteiger charge is 2.20. The Morgan fingerprint density at radius 1 is 1.08 bits per heavy atom. The molecule has 3 aromatic rings. The van der Waals surface area contributed by atoms with Crippen molar-refractivity contribution in [2.75, 3.05) is 6.54 Å². The maximum atomic E-state index is 11.9. The minimum Gasteiger partial charge on any atom is -0.358 e. The van der Waals surface area contributed by atoms with Crippen LogP contribution in [0.3, 0.4) is 0 Å². The molecule has 2 aromatic heterocycles. The SMILES string of the molecule is CC(C)c1cccc(-c2ccc(-c3cc4c([nH]3)CCNC4=O)cn2)c1. The number of rotatable bonds is 3. The first-order chi connectivity index (χ1) is 12.1. The number of amides is 1. The van der Waals surface area contributed by atoms with Crippen LogP contribution in [-0.2, 0) is 6.42 Å². The van der Waals surface area contributed by atoms with E-state index in [1.54, 1.807) is 0 Å². The molecule has 25 heavy (non-hydrogen) atoms. The Balaban J connectivity index is 1.65. The summed E-state index contributed by atoms with van der Waals surface area (Å²) in [6.07, 6.45) is 2.71. The molecule has 0 aliphatic carbocycles. The van der Waals surface area contributed by atoms with Crippen molar-refractivity contribution < 1.29 is 4.79 Å². The van der Waals surface area contributed by atoms with Crippen molar-refractivity contribution >= 4 is 5.91 Å². The fraction of sp³-hybridized carbons (Fsp3) is 0.238. The third kappa shape index (κ3) is 2.95. The summed E-state index contributed by atoms with van der Waals surface area (Å²) in [5.74, 6) is 0.495. The van der Waals surface area contributed by atoms with Crippen LogP contribution in [0, 0.1) is 0 Å². The number of hydrogen-bond donors (Lipinski definition) is 2. The molecule has 0 atom stereocenters. The van der Waals surface area contributed by atoms with Gasteiger partial charge in [0, 0.05) is 41.7 Å². The van der Waals surface area contributed by atoms with Gasteiger partial charge in [-0.1, -0.05) is 32.0 Å². The van der Waals surface area contributed by atoms with Crippen LogP contribution in [0.5, 0.6) is 0 Å². The van der Waals surface area contributed by atoms with E-state index in [2.05, 4.69) is 59.5 Å². The van der Waals surface area contributed by atoms with Gasteiger partial charge in [-0.2, -0.15) is 0 Å². The first-order valence-electron chi connectivity index (χ1n) is 8.68. The Bertz CT molecular complexity index is 923. The van der Waals surface area contributed by atoms with Gasteiger partial charge in [-0.15, -0.1) is 0 Å². The number of carbonyl (C=O) groups excluding carboxylic acids is 1. The molecule has 1 aromatic carbocycles. The lowest BCUT2D eigenvalue weighted by Gasteiger charge is -2.11. The van der Waals surface area contributed by atoms with Gasteiger partial charge in [-0.25, -0.2) is 0 Å². The lowest BCUT2D eigenvalue weighted by molar-refractivity contribution is 0.0946. The summed E-state index contributed by atoms with van der Waals surface area (Å²) in [6.45, 7) is 5.08. The van der Waals surface area contributed by atoms with Crippen molar-refractivity contribution in [2.24, 2.45) is 0 Å². The maximum absolute atomic E-state index is 11.9. The molecule has 2 N–H and O–H groups in total. The number of nitrogens with zero attached hydrogens (tertiary/aromatic N) is 1. The number of benzene rings is 1. The summed E-state index contributed by atoms with van der Waals surface area (Å²) >= 11 is 0. The zero-order chi connectivity index (χ0) is 17.4. The van der Waals surface area contributed by atoms with Gasteiger partial charge >= 0.3 is 0 Å². The average Bonchev–Trinajstić information content (AvgIpc) is 3.08. The Hall–Kier alpha value is -2.88. The molecule has 1 amide bonds. The second kappa shape index (κ2) is 6.20. The first-order valence-corrected chi connectivity index (χ1v) is 8.68. The van der Waals surface area contributed by atoms with Crippen molar-refractivity contribution in [3.05, 3.63) is 65.5 Å². The number of pyridine rings is 1. The summed E-state index contributed by atoms with van der Waals surface area (Å²) in [6, 6.07) is 14.5. The number of carbonyl (C=O) groups is 1. The van der Waals surface area contributed by atoms with E-state index in [-0.39, 0.29) is 5.91 Å². The van der Waals surface area contributed by atoms with Gasteiger partial charge < -0.3 is 10.3 Å². The van der Waals surface area contributed by atoms with Crippen molar-refractivity contribution in [3.63, 3.8) is 0 Å². The average molecular weight is 331 g/mol. The second-order valence-corrected chi connectivity index (χ2v) is 6.79. The highest BCUT2D eigenvalue weighted by Crippen LogP contribution is 2.27. The molecule has 4 heteroatoms. The molecule has 0 spiro atoms. The maximum Gasteiger partial charge on any atom is 0.253 e. The molecule has 0 unspecified atom stereocenters. The van der Waals surface area contributed by atoms with Crippen molar-refractivity contribution in [2.45, 2.75) is 26.2 Å². The summed E-state index contributed by atoms with van der Waals surface area (Å²) in [4.78, 5) is 19.9. The van der Waals surface area contributed by atoms with Gasteiger partial charge in [0.15, 0.2) is 0 Å². The number of aromatic nitrogens is 2. The van der Waals surface area contributed by atoms with Gasteiger partial charge in [-0.05, 0) is 35.7 Å². The number of aromatic amines is 1. The molecule has 3 heterocycles. The highest BCUT2D eigenvalue weighted by molar-refractivity contribution is 5.97. The fourth-order valence-corrected chi connectivity index (χ4v) is 3.23. The molecular weight excluding hydrogens is 310 g/mol. The predicted molar refractivity (Wildman–Crippen MR) is 99.6 cm³/mol. The van der Waals surface area contributed by atoms with E-state index >= 15 is 0 Å². The topological polar surface area (TPSA) is 57.8 Å². The van der Waals surface area contributed by atoms with Crippen LogP contribution in [0.25, 0.3) is 22.5 Å². The lowest BCUT2D eigenvalue weighted by Crippen LogP contribution is -2.31. The summed E-state index contributed by atoms with van der Waals surface area (Å²) in [5, 5.41) is 2.87. The Morgan fingerprint density at radius 3 is 2.68 bits per heavy atom. The zero-order valence-electron chi connectivity index (χ0n) is 14.5. The number of fused-ring (bicyclic) bond motifs is 1. The minimum atomic E-state index is -0.00108. The van der Waals surface area contributed by atoms with Crippen molar-refractivity contribution in [3.8, 4) is 22.5 Å². The van der Waals surface area contributed by atoms with E-state index in [4.69, 9.17) is 0 Å². The van der Waals surface area contributed by atoms with Crippen molar-refractivity contribution in [1.29, 1.82) is 0 Å². The lowest BCUT2D eigenvalue weighted by atomic mass is 9.99. The quantitative estimate of drug-likeness (QED) is 0.757. The second-order valence-electron chi connectivity index (χ2n) is 6.79. The van der Waals surface area contributed by atoms with E-state index in [1.807, 2.05) is 18.3 Å². The van der Waals surface area contributed by atoms with Crippen LogP contribution in [0.15, 0.2) is 48.7 Å². The van der Waals surface area contributed by atoms with E-state index in [9.17, 15) is 4.79 Å². The fourth-order valence-electron chi connectivity index (χ4n) is 3.23. The third-order valence-electron chi connectivity index (χ3n) is 4.73. The number of H-pyrrole nitrogens is 1. The van der Waals surface area contributed by atoms with Crippen LogP contribution in [0.2, 0.25) is 0 Å². The van der Waals surface area contributed by atoms with Gasteiger partial charge in [0.25, 0.3) is 5.91 Å². The van der Waals surface area contributed by atoms with Crippen LogP contribution in [-0.4, -0.2) is 22.4 Å².